The zero-order chi connectivity index (χ0) is 13.2. The first-order valence-corrected chi connectivity index (χ1v) is 5.65. The van der Waals surface area contributed by atoms with E-state index in [1.54, 1.807) is 0 Å². The van der Waals surface area contributed by atoms with Gasteiger partial charge in [0.25, 0.3) is 0 Å². The lowest BCUT2D eigenvalue weighted by molar-refractivity contribution is -0.132. The molecular weight excluding hydrogens is 256 g/mol. The molecule has 0 spiro atoms. The van der Waals surface area contributed by atoms with Crippen molar-refractivity contribution in [1.29, 1.82) is 0 Å². The van der Waals surface area contributed by atoms with Crippen LogP contribution in [-0.2, 0) is 24.1 Å². The van der Waals surface area contributed by atoms with E-state index in [1.807, 2.05) is 0 Å². The summed E-state index contributed by atoms with van der Waals surface area (Å²) in [6, 6.07) is 0. The van der Waals surface area contributed by atoms with E-state index < -0.39 is 34.3 Å². The number of ether oxygens (including phenoxy) is 1. The van der Waals surface area contributed by atoms with Crippen LogP contribution in [0.2, 0.25) is 0 Å². The summed E-state index contributed by atoms with van der Waals surface area (Å²) in [6.45, 7) is 0. The van der Waals surface area contributed by atoms with Gasteiger partial charge in [-0.15, -0.1) is 0 Å². The highest BCUT2D eigenvalue weighted by atomic mass is 32.3. The lowest BCUT2D eigenvalue weighted by atomic mass is 10.0. The summed E-state index contributed by atoms with van der Waals surface area (Å²) in [5, 5.41) is 18.3. The summed E-state index contributed by atoms with van der Waals surface area (Å²) in [6.07, 6.45) is -0.729. The minimum Gasteiger partial charge on any atom is -0.478 e. The molecule has 0 bridgehead atoms. The molecule has 96 valence electrons. The van der Waals surface area contributed by atoms with E-state index in [4.69, 9.17) is 14.4 Å². The molecule has 0 amide bonds. The van der Waals surface area contributed by atoms with Crippen LogP contribution < -0.4 is 0 Å². The van der Waals surface area contributed by atoms with Gasteiger partial charge in [-0.2, -0.15) is 8.42 Å². The predicted molar refractivity (Wildman–Crippen MR) is 53.2 cm³/mol. The molecule has 1 aliphatic carbocycles. The van der Waals surface area contributed by atoms with E-state index in [0.29, 0.717) is 0 Å². The largest absolute Gasteiger partial charge is 0.478 e. The van der Waals surface area contributed by atoms with Gasteiger partial charge >= 0.3 is 16.4 Å². The van der Waals surface area contributed by atoms with Gasteiger partial charge in [-0.1, -0.05) is 0 Å². The van der Waals surface area contributed by atoms with Gasteiger partial charge in [0.1, 0.15) is 12.2 Å². The van der Waals surface area contributed by atoms with Crippen LogP contribution in [0.1, 0.15) is 0 Å². The molecule has 0 aromatic carbocycles. The third-order valence-electron chi connectivity index (χ3n) is 1.96. The molecule has 0 aliphatic heterocycles. The molecule has 0 saturated carbocycles. The third kappa shape index (κ3) is 3.53. The van der Waals surface area contributed by atoms with Crippen LogP contribution in [0.15, 0.2) is 23.5 Å². The zero-order valence-corrected chi connectivity index (χ0v) is 9.42. The van der Waals surface area contributed by atoms with E-state index in [2.05, 4.69) is 4.18 Å². The van der Waals surface area contributed by atoms with Crippen LogP contribution in [-0.4, -0.2) is 48.5 Å². The number of carbonyl (C=O) groups is 1. The standard InChI is InChI=1S/C8H10O8S/c1-15-5-2-4(8(10)11)3-6(7(5)9)16-17(12,13)14/h2-3,5,7,9H,1H3,(H,10,11)(H,12,13,14). The number of carboxylic acid groups (broad SMARTS) is 1. The Bertz CT molecular complexity index is 474. The number of aliphatic hydroxyl groups is 1. The Balaban J connectivity index is 3.10. The molecule has 0 aromatic heterocycles. The summed E-state index contributed by atoms with van der Waals surface area (Å²) in [4.78, 5) is 10.7. The van der Waals surface area contributed by atoms with Gasteiger partial charge in [0, 0.05) is 7.11 Å². The molecule has 1 aliphatic rings. The van der Waals surface area contributed by atoms with Crippen LogP contribution in [0.3, 0.4) is 0 Å². The van der Waals surface area contributed by atoms with Gasteiger partial charge in [-0.3, -0.25) is 4.55 Å². The van der Waals surface area contributed by atoms with Crippen molar-refractivity contribution in [3.63, 3.8) is 0 Å². The van der Waals surface area contributed by atoms with Crippen LogP contribution in [0, 0.1) is 0 Å². The van der Waals surface area contributed by atoms with Crippen LogP contribution in [0.4, 0.5) is 0 Å². The lowest BCUT2D eigenvalue weighted by Gasteiger charge is -2.24. The molecule has 0 saturated heterocycles. The van der Waals surface area contributed by atoms with Crippen molar-refractivity contribution in [3.8, 4) is 0 Å². The maximum absolute atomic E-state index is 10.7. The topological polar surface area (TPSA) is 130 Å². The Kier molecular flexibility index (Phi) is 3.88. The first kappa shape index (κ1) is 13.6. The van der Waals surface area contributed by atoms with Gasteiger partial charge in [-0.25, -0.2) is 4.79 Å². The van der Waals surface area contributed by atoms with Gasteiger partial charge in [0.15, 0.2) is 5.76 Å². The molecule has 9 heteroatoms. The van der Waals surface area contributed by atoms with Gasteiger partial charge in [-0.05, 0) is 12.2 Å². The van der Waals surface area contributed by atoms with Gasteiger partial charge < -0.3 is 19.1 Å². The Labute approximate surface area is 96.7 Å². The third-order valence-corrected chi connectivity index (χ3v) is 2.37. The molecule has 3 N–H and O–H groups in total. The van der Waals surface area contributed by atoms with E-state index >= 15 is 0 Å². The van der Waals surface area contributed by atoms with Crippen molar-refractivity contribution in [2.45, 2.75) is 12.2 Å². The van der Waals surface area contributed by atoms with Crippen molar-refractivity contribution in [2.75, 3.05) is 7.11 Å². The van der Waals surface area contributed by atoms with Crippen molar-refractivity contribution < 1.29 is 36.9 Å². The monoisotopic (exact) mass is 266 g/mol. The Morgan fingerprint density at radius 3 is 2.47 bits per heavy atom. The average Bonchev–Trinajstić information content (AvgIpc) is 2.18. The minimum absolute atomic E-state index is 0.319. The fraction of sp³-hybridized carbons (Fsp3) is 0.375. The van der Waals surface area contributed by atoms with Crippen molar-refractivity contribution >= 4 is 16.4 Å². The number of aliphatic carboxylic acids is 1. The Hall–Kier alpha value is -1.42. The highest BCUT2D eigenvalue weighted by Gasteiger charge is 2.31. The quantitative estimate of drug-likeness (QED) is 0.557. The molecule has 17 heavy (non-hydrogen) atoms. The summed E-state index contributed by atoms with van der Waals surface area (Å²) in [7, 11) is -3.65. The second-order valence-corrected chi connectivity index (χ2v) is 4.15. The normalized spacial score (nSPS) is 24.9. The lowest BCUT2D eigenvalue weighted by Crippen LogP contribution is -2.33. The highest BCUT2D eigenvalue weighted by molar-refractivity contribution is 7.81. The fourth-order valence-corrected chi connectivity index (χ4v) is 1.63. The molecule has 0 aromatic rings. The molecule has 1 rings (SSSR count). The number of carboxylic acids is 1. The number of hydrogen-bond acceptors (Lipinski definition) is 6. The minimum atomic E-state index is -4.84. The second-order valence-electron chi connectivity index (χ2n) is 3.13. The van der Waals surface area contributed by atoms with Gasteiger partial charge in [0.05, 0.1) is 5.57 Å². The molecule has 8 nitrogen and oxygen atoms in total. The van der Waals surface area contributed by atoms with E-state index in [0.717, 1.165) is 12.2 Å². The summed E-state index contributed by atoms with van der Waals surface area (Å²) >= 11 is 0. The number of hydrogen-bond donors (Lipinski definition) is 3. The predicted octanol–water partition coefficient (Wildman–Crippen LogP) is -0.910. The highest BCUT2D eigenvalue weighted by Crippen LogP contribution is 2.22. The number of aliphatic hydroxyl groups excluding tert-OH is 1. The van der Waals surface area contributed by atoms with Crippen LogP contribution in [0.25, 0.3) is 0 Å². The van der Waals surface area contributed by atoms with Crippen LogP contribution in [0.5, 0.6) is 0 Å². The van der Waals surface area contributed by atoms with Crippen molar-refractivity contribution in [2.24, 2.45) is 0 Å². The summed E-state index contributed by atoms with van der Waals surface area (Å²) in [5.74, 6) is -1.98. The SMILES string of the molecule is COC1C=C(C(=O)O)C=C(OS(=O)(=O)O)C1O. The van der Waals surface area contributed by atoms with E-state index in [9.17, 15) is 18.3 Å². The first-order chi connectivity index (χ1) is 7.74. The van der Waals surface area contributed by atoms with E-state index in [1.165, 1.54) is 7.11 Å². The summed E-state index contributed by atoms with van der Waals surface area (Å²) < 4.78 is 38.2. The summed E-state index contributed by atoms with van der Waals surface area (Å²) in [5.41, 5.74) is -0.319. The number of methoxy groups -OCH3 is 1. The molecule has 0 heterocycles. The Morgan fingerprint density at radius 2 is 2.06 bits per heavy atom. The fourth-order valence-electron chi connectivity index (χ4n) is 1.24. The molecule has 2 atom stereocenters. The molecule has 0 radical (unpaired) electrons. The van der Waals surface area contributed by atoms with E-state index in [-0.39, 0.29) is 5.57 Å². The second kappa shape index (κ2) is 4.84. The maximum Gasteiger partial charge on any atom is 0.446 e. The molecular formula is C8H10O8S. The maximum atomic E-state index is 10.7. The number of rotatable bonds is 4. The van der Waals surface area contributed by atoms with Crippen molar-refractivity contribution in [1.82, 2.24) is 0 Å². The van der Waals surface area contributed by atoms with Crippen molar-refractivity contribution in [3.05, 3.63) is 23.5 Å². The molecule has 2 unspecified atom stereocenters. The van der Waals surface area contributed by atoms with Gasteiger partial charge in [0.2, 0.25) is 0 Å². The molecule has 0 fully saturated rings. The first-order valence-electron chi connectivity index (χ1n) is 4.29. The average molecular weight is 266 g/mol. The smallest absolute Gasteiger partial charge is 0.446 e. The Morgan fingerprint density at radius 1 is 1.47 bits per heavy atom. The zero-order valence-electron chi connectivity index (χ0n) is 8.60. The van der Waals surface area contributed by atoms with Crippen LogP contribution >= 0.6 is 0 Å².